The first-order valence-corrected chi connectivity index (χ1v) is 6.71. The van der Waals surface area contributed by atoms with Crippen LogP contribution in [0.15, 0.2) is 36.7 Å². The van der Waals surface area contributed by atoms with Crippen LogP contribution in [0.25, 0.3) is 0 Å². The van der Waals surface area contributed by atoms with E-state index in [4.69, 9.17) is 0 Å². The average molecular weight is 287 g/mol. The Labute approximate surface area is 121 Å². The Balaban J connectivity index is 2.03. The van der Waals surface area contributed by atoms with E-state index in [0.29, 0.717) is 18.7 Å². The zero-order chi connectivity index (χ0) is 15.0. The lowest BCUT2D eigenvalue weighted by Gasteiger charge is -2.36. The van der Waals surface area contributed by atoms with Crippen molar-refractivity contribution in [2.75, 3.05) is 11.4 Å². The second kappa shape index (κ2) is 5.12. The van der Waals surface area contributed by atoms with Crippen LogP contribution in [0.1, 0.15) is 24.1 Å². The summed E-state index contributed by atoms with van der Waals surface area (Å²) in [6.07, 6.45) is 3.48. The van der Waals surface area contributed by atoms with Crippen LogP contribution in [-0.2, 0) is 6.42 Å². The molecule has 2 heterocycles. The highest BCUT2D eigenvalue weighted by Crippen LogP contribution is 2.37. The third kappa shape index (κ3) is 2.33. The molecule has 0 bridgehead atoms. The van der Waals surface area contributed by atoms with Gasteiger partial charge in [-0.1, -0.05) is 6.07 Å². The number of anilines is 1. The van der Waals surface area contributed by atoms with E-state index in [1.165, 1.54) is 12.3 Å². The molecule has 3 rings (SSSR count). The van der Waals surface area contributed by atoms with Gasteiger partial charge in [0.05, 0.1) is 11.0 Å². The van der Waals surface area contributed by atoms with Crippen molar-refractivity contribution >= 4 is 11.4 Å². The van der Waals surface area contributed by atoms with Crippen LogP contribution in [-0.4, -0.2) is 16.5 Å². The molecule has 0 saturated carbocycles. The highest BCUT2D eigenvalue weighted by molar-refractivity contribution is 5.64. The van der Waals surface area contributed by atoms with Crippen LogP contribution in [0.2, 0.25) is 0 Å². The lowest BCUT2D eigenvalue weighted by atomic mass is 9.93. The van der Waals surface area contributed by atoms with E-state index in [2.05, 4.69) is 4.98 Å². The molecule has 21 heavy (non-hydrogen) atoms. The molecule has 2 aromatic rings. The number of rotatable bonds is 2. The summed E-state index contributed by atoms with van der Waals surface area (Å²) in [6.45, 7) is 2.59. The first-order valence-electron chi connectivity index (χ1n) is 6.71. The van der Waals surface area contributed by atoms with Gasteiger partial charge in [0.15, 0.2) is 0 Å². The van der Waals surface area contributed by atoms with Crippen LogP contribution < -0.4 is 4.90 Å². The predicted octanol–water partition coefficient (Wildman–Crippen LogP) is 3.25. The summed E-state index contributed by atoms with van der Waals surface area (Å²) >= 11 is 0. The fourth-order valence-electron chi connectivity index (χ4n) is 2.89. The van der Waals surface area contributed by atoms with E-state index in [1.54, 1.807) is 24.4 Å². The summed E-state index contributed by atoms with van der Waals surface area (Å²) in [4.78, 5) is 16.5. The van der Waals surface area contributed by atoms with Gasteiger partial charge in [0.25, 0.3) is 0 Å². The predicted molar refractivity (Wildman–Crippen MR) is 76.8 cm³/mol. The van der Waals surface area contributed by atoms with Gasteiger partial charge >= 0.3 is 5.69 Å². The number of benzene rings is 1. The molecule has 1 atom stereocenters. The Bertz CT molecular complexity index is 705. The number of fused-ring (bicyclic) bond motifs is 1. The molecule has 0 fully saturated rings. The van der Waals surface area contributed by atoms with E-state index in [0.717, 1.165) is 11.1 Å². The van der Waals surface area contributed by atoms with Gasteiger partial charge in [-0.3, -0.25) is 15.1 Å². The molecule has 0 aliphatic carbocycles. The fourth-order valence-corrected chi connectivity index (χ4v) is 2.89. The monoisotopic (exact) mass is 287 g/mol. The van der Waals surface area contributed by atoms with Gasteiger partial charge in [-0.2, -0.15) is 0 Å². The number of aromatic nitrogens is 1. The minimum Gasteiger partial charge on any atom is -0.359 e. The Morgan fingerprint density at radius 1 is 1.43 bits per heavy atom. The highest BCUT2D eigenvalue weighted by Gasteiger charge is 2.28. The van der Waals surface area contributed by atoms with E-state index in [1.807, 2.05) is 11.8 Å². The standard InChI is InChI=1S/C15H14FN3O2/c1-10-13-3-2-12(16)8-11(13)5-7-18(10)14-4-6-17-9-15(14)19(20)21/h2-4,6,8-10H,5,7H2,1H3. The van der Waals surface area contributed by atoms with Crippen molar-refractivity contribution in [3.8, 4) is 0 Å². The maximum atomic E-state index is 13.3. The molecule has 1 aliphatic heterocycles. The molecule has 108 valence electrons. The number of halogens is 1. The number of nitro groups is 1. The molecule has 1 aromatic carbocycles. The van der Waals surface area contributed by atoms with Crippen molar-refractivity contribution < 1.29 is 9.31 Å². The zero-order valence-corrected chi connectivity index (χ0v) is 11.5. The number of hydrogen-bond acceptors (Lipinski definition) is 4. The molecule has 0 N–H and O–H groups in total. The van der Waals surface area contributed by atoms with Gasteiger partial charge in [-0.05, 0) is 42.7 Å². The molecule has 1 unspecified atom stereocenters. The van der Waals surface area contributed by atoms with Crippen molar-refractivity contribution in [2.24, 2.45) is 0 Å². The SMILES string of the molecule is CC1c2ccc(F)cc2CCN1c1ccncc1[N+](=O)[O-]. The van der Waals surface area contributed by atoms with Gasteiger partial charge in [0, 0.05) is 12.7 Å². The molecular weight excluding hydrogens is 273 g/mol. The minimum atomic E-state index is -0.421. The molecule has 0 spiro atoms. The summed E-state index contributed by atoms with van der Waals surface area (Å²) in [7, 11) is 0. The van der Waals surface area contributed by atoms with Crippen LogP contribution in [0, 0.1) is 15.9 Å². The molecule has 1 aliphatic rings. The van der Waals surface area contributed by atoms with E-state index < -0.39 is 4.92 Å². The first-order chi connectivity index (χ1) is 10.1. The topological polar surface area (TPSA) is 59.3 Å². The van der Waals surface area contributed by atoms with Crippen molar-refractivity contribution in [3.05, 3.63) is 63.7 Å². The maximum Gasteiger partial charge on any atom is 0.310 e. The smallest absolute Gasteiger partial charge is 0.310 e. The van der Waals surface area contributed by atoms with Gasteiger partial charge < -0.3 is 4.90 Å². The van der Waals surface area contributed by atoms with Crippen LogP contribution >= 0.6 is 0 Å². The van der Waals surface area contributed by atoms with E-state index in [9.17, 15) is 14.5 Å². The van der Waals surface area contributed by atoms with Crippen LogP contribution in [0.4, 0.5) is 15.8 Å². The Kier molecular flexibility index (Phi) is 3.29. The average Bonchev–Trinajstić information content (AvgIpc) is 2.47. The summed E-state index contributed by atoms with van der Waals surface area (Å²) in [5.41, 5.74) is 2.52. The molecule has 0 saturated heterocycles. The van der Waals surface area contributed by atoms with Gasteiger partial charge in [0.1, 0.15) is 17.7 Å². The molecule has 0 amide bonds. The normalized spacial score (nSPS) is 17.4. The van der Waals surface area contributed by atoms with Gasteiger partial charge in [-0.15, -0.1) is 0 Å². The lowest BCUT2D eigenvalue weighted by molar-refractivity contribution is -0.384. The molecule has 1 aromatic heterocycles. The Hall–Kier alpha value is -2.50. The van der Waals surface area contributed by atoms with Crippen molar-refractivity contribution in [2.45, 2.75) is 19.4 Å². The van der Waals surface area contributed by atoms with Gasteiger partial charge in [-0.25, -0.2) is 4.39 Å². The summed E-state index contributed by atoms with van der Waals surface area (Å²) in [5.74, 6) is -0.246. The van der Waals surface area contributed by atoms with E-state index in [-0.39, 0.29) is 17.5 Å². The van der Waals surface area contributed by atoms with Crippen LogP contribution in [0.3, 0.4) is 0 Å². The second-order valence-electron chi connectivity index (χ2n) is 5.08. The summed E-state index contributed by atoms with van der Waals surface area (Å²) in [6, 6.07) is 6.34. The Morgan fingerprint density at radius 2 is 2.24 bits per heavy atom. The van der Waals surface area contributed by atoms with Crippen molar-refractivity contribution in [1.29, 1.82) is 0 Å². The maximum absolute atomic E-state index is 13.3. The molecule has 6 heteroatoms. The number of nitrogens with zero attached hydrogens (tertiary/aromatic N) is 3. The van der Waals surface area contributed by atoms with Crippen LogP contribution in [0.5, 0.6) is 0 Å². The van der Waals surface area contributed by atoms with E-state index >= 15 is 0 Å². The fraction of sp³-hybridized carbons (Fsp3) is 0.267. The quantitative estimate of drug-likeness (QED) is 0.628. The Morgan fingerprint density at radius 3 is 3.00 bits per heavy atom. The number of pyridine rings is 1. The zero-order valence-electron chi connectivity index (χ0n) is 11.5. The van der Waals surface area contributed by atoms with Gasteiger partial charge in [0.2, 0.25) is 0 Å². The highest BCUT2D eigenvalue weighted by atomic mass is 19.1. The molecular formula is C15H14FN3O2. The lowest BCUT2D eigenvalue weighted by Crippen LogP contribution is -2.34. The van der Waals surface area contributed by atoms with Crippen molar-refractivity contribution in [3.63, 3.8) is 0 Å². The summed E-state index contributed by atoms with van der Waals surface area (Å²) in [5, 5.41) is 11.2. The third-order valence-corrected chi connectivity index (χ3v) is 3.93. The first kappa shape index (κ1) is 13.5. The third-order valence-electron chi connectivity index (χ3n) is 3.93. The van der Waals surface area contributed by atoms with Crippen molar-refractivity contribution in [1.82, 2.24) is 4.98 Å². The molecule has 0 radical (unpaired) electrons. The molecule has 5 nitrogen and oxygen atoms in total. The largest absolute Gasteiger partial charge is 0.359 e. The number of hydrogen-bond donors (Lipinski definition) is 0. The summed E-state index contributed by atoms with van der Waals surface area (Å²) < 4.78 is 13.3. The minimum absolute atomic E-state index is 0.00471. The second-order valence-corrected chi connectivity index (χ2v) is 5.08.